The van der Waals surface area contributed by atoms with Crippen molar-refractivity contribution < 1.29 is 4.79 Å². The second-order valence-corrected chi connectivity index (χ2v) is 8.36. The Morgan fingerprint density at radius 3 is 2.74 bits per heavy atom. The van der Waals surface area contributed by atoms with Crippen LogP contribution in [0.5, 0.6) is 0 Å². The topological polar surface area (TPSA) is 64.0 Å². The van der Waals surface area contributed by atoms with Gasteiger partial charge in [-0.15, -0.1) is 11.3 Å². The van der Waals surface area contributed by atoms with Crippen molar-refractivity contribution in [3.05, 3.63) is 57.0 Å². The van der Waals surface area contributed by atoms with Gasteiger partial charge in [0, 0.05) is 10.9 Å². The Kier molecular flexibility index (Phi) is 6.34. The van der Waals surface area contributed by atoms with Gasteiger partial charge >= 0.3 is 0 Å². The summed E-state index contributed by atoms with van der Waals surface area (Å²) in [6, 6.07) is 11.3. The van der Waals surface area contributed by atoms with Crippen molar-refractivity contribution in [2.45, 2.75) is 44.4 Å². The smallest absolute Gasteiger partial charge is 0.262 e. The number of hydrogen-bond donors (Lipinski definition) is 1. The van der Waals surface area contributed by atoms with Crippen LogP contribution >= 0.6 is 23.1 Å². The van der Waals surface area contributed by atoms with Crippen LogP contribution in [0.4, 0.5) is 0 Å². The van der Waals surface area contributed by atoms with E-state index in [1.54, 1.807) is 22.0 Å². The van der Waals surface area contributed by atoms with E-state index in [0.717, 1.165) is 11.3 Å². The molecule has 0 unspecified atom stereocenters. The SMILES string of the molecule is CC[C@@H](C)n1c(SCC(=O)N[C@@H](C)c2cccs2)nc2ccccc2c1=O. The van der Waals surface area contributed by atoms with Crippen molar-refractivity contribution in [1.29, 1.82) is 0 Å². The Morgan fingerprint density at radius 2 is 2.04 bits per heavy atom. The lowest BCUT2D eigenvalue weighted by molar-refractivity contribution is -0.119. The number of rotatable bonds is 7. The summed E-state index contributed by atoms with van der Waals surface area (Å²) < 4.78 is 1.71. The van der Waals surface area contributed by atoms with E-state index in [1.807, 2.05) is 56.5 Å². The van der Waals surface area contributed by atoms with Crippen LogP contribution in [0.15, 0.2) is 51.7 Å². The molecule has 0 saturated carbocycles. The van der Waals surface area contributed by atoms with Gasteiger partial charge in [-0.2, -0.15) is 0 Å². The summed E-state index contributed by atoms with van der Waals surface area (Å²) in [4.78, 5) is 31.1. The summed E-state index contributed by atoms with van der Waals surface area (Å²) in [5.74, 6) is 0.149. The fraction of sp³-hybridized carbons (Fsp3) is 0.350. The third-order valence-electron chi connectivity index (χ3n) is 4.49. The number of thioether (sulfide) groups is 1. The first-order chi connectivity index (χ1) is 13.0. The third kappa shape index (κ3) is 4.42. The molecule has 1 amide bonds. The van der Waals surface area contributed by atoms with Gasteiger partial charge in [0.1, 0.15) is 0 Å². The van der Waals surface area contributed by atoms with E-state index in [9.17, 15) is 9.59 Å². The molecule has 2 atom stereocenters. The number of aromatic nitrogens is 2. The van der Waals surface area contributed by atoms with Crippen molar-refractivity contribution >= 4 is 39.9 Å². The second kappa shape index (κ2) is 8.71. The fourth-order valence-electron chi connectivity index (χ4n) is 2.82. The zero-order valence-electron chi connectivity index (χ0n) is 15.6. The molecule has 0 aliphatic carbocycles. The van der Waals surface area contributed by atoms with Crippen molar-refractivity contribution in [2.75, 3.05) is 5.75 Å². The first-order valence-corrected chi connectivity index (χ1v) is 10.8. The number of nitrogens with zero attached hydrogens (tertiary/aromatic N) is 2. The van der Waals surface area contributed by atoms with E-state index in [-0.39, 0.29) is 29.3 Å². The molecule has 3 aromatic rings. The molecule has 0 aliphatic heterocycles. The summed E-state index contributed by atoms with van der Waals surface area (Å²) in [6.45, 7) is 6.01. The highest BCUT2D eigenvalue weighted by Crippen LogP contribution is 2.23. The summed E-state index contributed by atoms with van der Waals surface area (Å²) in [7, 11) is 0. The maximum Gasteiger partial charge on any atom is 0.262 e. The lowest BCUT2D eigenvalue weighted by atomic mass is 10.2. The van der Waals surface area contributed by atoms with Gasteiger partial charge < -0.3 is 5.32 Å². The van der Waals surface area contributed by atoms with Crippen LogP contribution in [-0.2, 0) is 4.79 Å². The van der Waals surface area contributed by atoms with Gasteiger partial charge in [0.2, 0.25) is 5.91 Å². The lowest BCUT2D eigenvalue weighted by Crippen LogP contribution is -2.29. The molecule has 0 spiro atoms. The van der Waals surface area contributed by atoms with Gasteiger partial charge in [-0.3, -0.25) is 14.2 Å². The molecule has 0 bridgehead atoms. The zero-order chi connectivity index (χ0) is 19.4. The fourth-order valence-corrected chi connectivity index (χ4v) is 4.46. The highest BCUT2D eigenvalue weighted by Gasteiger charge is 2.17. The molecule has 142 valence electrons. The van der Waals surface area contributed by atoms with Crippen LogP contribution in [0.2, 0.25) is 0 Å². The van der Waals surface area contributed by atoms with Crippen LogP contribution < -0.4 is 10.9 Å². The lowest BCUT2D eigenvalue weighted by Gasteiger charge is -2.18. The molecule has 7 heteroatoms. The molecular formula is C20H23N3O2S2. The number of nitrogens with one attached hydrogen (secondary N) is 1. The van der Waals surface area contributed by atoms with Crippen LogP contribution in [-0.4, -0.2) is 21.2 Å². The van der Waals surface area contributed by atoms with E-state index < -0.39 is 0 Å². The number of fused-ring (bicyclic) bond motifs is 1. The minimum Gasteiger partial charge on any atom is -0.348 e. The highest BCUT2D eigenvalue weighted by molar-refractivity contribution is 7.99. The monoisotopic (exact) mass is 401 g/mol. The molecule has 1 N–H and O–H groups in total. The quantitative estimate of drug-likeness (QED) is 0.471. The average molecular weight is 402 g/mol. The Labute approximate surface area is 166 Å². The Hall–Kier alpha value is -2.12. The Morgan fingerprint density at radius 1 is 1.26 bits per heavy atom. The number of carbonyl (C=O) groups excluding carboxylic acids is 1. The van der Waals surface area contributed by atoms with Gasteiger partial charge in [-0.1, -0.05) is 36.9 Å². The van der Waals surface area contributed by atoms with Crippen molar-refractivity contribution in [3.8, 4) is 0 Å². The summed E-state index contributed by atoms with van der Waals surface area (Å²) in [5, 5.41) is 6.20. The Balaban J connectivity index is 1.81. The van der Waals surface area contributed by atoms with E-state index >= 15 is 0 Å². The molecule has 27 heavy (non-hydrogen) atoms. The van der Waals surface area contributed by atoms with E-state index in [1.165, 1.54) is 11.8 Å². The molecule has 0 fully saturated rings. The molecule has 0 saturated heterocycles. The molecule has 5 nitrogen and oxygen atoms in total. The predicted molar refractivity (Wildman–Crippen MR) is 113 cm³/mol. The summed E-state index contributed by atoms with van der Waals surface area (Å²) >= 11 is 2.93. The third-order valence-corrected chi connectivity index (χ3v) is 6.49. The molecule has 1 aromatic carbocycles. The van der Waals surface area contributed by atoms with E-state index in [0.29, 0.717) is 16.1 Å². The molecule has 2 aromatic heterocycles. The van der Waals surface area contributed by atoms with Gasteiger partial charge in [0.15, 0.2) is 5.16 Å². The summed E-state index contributed by atoms with van der Waals surface area (Å²) in [6.07, 6.45) is 0.815. The molecule has 0 radical (unpaired) electrons. The van der Waals surface area contributed by atoms with Crippen LogP contribution in [0.3, 0.4) is 0 Å². The van der Waals surface area contributed by atoms with Gasteiger partial charge in [0.05, 0.1) is 22.7 Å². The zero-order valence-corrected chi connectivity index (χ0v) is 17.3. The second-order valence-electron chi connectivity index (χ2n) is 6.44. The van der Waals surface area contributed by atoms with E-state index in [2.05, 4.69) is 10.3 Å². The Bertz CT molecular complexity index is 983. The van der Waals surface area contributed by atoms with Crippen LogP contribution in [0.1, 0.15) is 44.2 Å². The minimum atomic E-state index is -0.0704. The van der Waals surface area contributed by atoms with Gasteiger partial charge in [0.25, 0.3) is 5.56 Å². The van der Waals surface area contributed by atoms with Crippen LogP contribution in [0, 0.1) is 0 Å². The minimum absolute atomic E-state index is 0.0187. The average Bonchev–Trinajstić information content (AvgIpc) is 3.21. The predicted octanol–water partition coefficient (Wildman–Crippen LogP) is 4.40. The molecular weight excluding hydrogens is 378 g/mol. The molecule has 0 aliphatic rings. The van der Waals surface area contributed by atoms with Crippen molar-refractivity contribution in [3.63, 3.8) is 0 Å². The standard InChI is InChI=1S/C20H23N3O2S2/c1-4-13(2)23-19(25)15-8-5-6-9-16(15)22-20(23)27-12-18(24)21-14(3)17-10-7-11-26-17/h5-11,13-14H,4,12H2,1-3H3,(H,21,24)/t13-,14+/m1/s1. The molecule has 3 rings (SSSR count). The number of carbonyl (C=O) groups is 1. The van der Waals surface area contributed by atoms with E-state index in [4.69, 9.17) is 0 Å². The maximum atomic E-state index is 12.9. The largest absolute Gasteiger partial charge is 0.348 e. The van der Waals surface area contributed by atoms with Crippen LogP contribution in [0.25, 0.3) is 10.9 Å². The first-order valence-electron chi connectivity index (χ1n) is 8.98. The van der Waals surface area contributed by atoms with Gasteiger partial charge in [-0.25, -0.2) is 4.98 Å². The normalized spacial score (nSPS) is 13.4. The number of para-hydroxylation sites is 1. The number of amides is 1. The number of thiophene rings is 1. The summed E-state index contributed by atoms with van der Waals surface area (Å²) in [5.41, 5.74) is 0.613. The highest BCUT2D eigenvalue weighted by atomic mass is 32.2. The number of benzene rings is 1. The van der Waals surface area contributed by atoms with Gasteiger partial charge in [-0.05, 0) is 43.8 Å². The van der Waals surface area contributed by atoms with Crippen molar-refractivity contribution in [1.82, 2.24) is 14.9 Å². The molecule has 2 heterocycles. The van der Waals surface area contributed by atoms with Crippen molar-refractivity contribution in [2.24, 2.45) is 0 Å². The number of hydrogen-bond acceptors (Lipinski definition) is 5. The first kappa shape index (κ1) is 19.6. The maximum absolute atomic E-state index is 12.9.